The standard InChI is InChI=1S/C7H14N4O/c1-4-7-8-9-10-11(7)6(2)5-12-3/h6H,4-5H2,1-3H3. The van der Waals surface area contributed by atoms with Gasteiger partial charge >= 0.3 is 0 Å². The second kappa shape index (κ2) is 4.15. The van der Waals surface area contributed by atoms with E-state index < -0.39 is 0 Å². The van der Waals surface area contributed by atoms with Gasteiger partial charge in [0.05, 0.1) is 12.6 Å². The number of nitrogens with zero attached hydrogens (tertiary/aromatic N) is 4. The van der Waals surface area contributed by atoms with Crippen LogP contribution in [0.25, 0.3) is 0 Å². The van der Waals surface area contributed by atoms with E-state index >= 15 is 0 Å². The van der Waals surface area contributed by atoms with Crippen LogP contribution in [0.2, 0.25) is 0 Å². The predicted molar refractivity (Wildman–Crippen MR) is 43.8 cm³/mol. The third-order valence-corrected chi connectivity index (χ3v) is 1.70. The van der Waals surface area contributed by atoms with Crippen LogP contribution in [0.15, 0.2) is 0 Å². The van der Waals surface area contributed by atoms with E-state index in [1.54, 1.807) is 11.8 Å². The quantitative estimate of drug-likeness (QED) is 0.658. The highest BCUT2D eigenvalue weighted by atomic mass is 16.5. The van der Waals surface area contributed by atoms with Crippen molar-refractivity contribution >= 4 is 0 Å². The van der Waals surface area contributed by atoms with Gasteiger partial charge in [0.25, 0.3) is 0 Å². The number of hydrogen-bond acceptors (Lipinski definition) is 4. The van der Waals surface area contributed by atoms with Gasteiger partial charge in [-0.25, -0.2) is 4.68 Å². The lowest BCUT2D eigenvalue weighted by Gasteiger charge is -2.10. The van der Waals surface area contributed by atoms with Crippen LogP contribution in [-0.4, -0.2) is 33.9 Å². The van der Waals surface area contributed by atoms with Crippen molar-refractivity contribution < 1.29 is 4.74 Å². The molecule has 0 N–H and O–H groups in total. The first-order valence-corrected chi connectivity index (χ1v) is 4.05. The summed E-state index contributed by atoms with van der Waals surface area (Å²) in [7, 11) is 1.67. The molecule has 1 aromatic rings. The molecule has 0 aliphatic rings. The number of rotatable bonds is 4. The Morgan fingerprint density at radius 1 is 1.58 bits per heavy atom. The maximum atomic E-state index is 5.01. The summed E-state index contributed by atoms with van der Waals surface area (Å²) in [6, 6.07) is 0.208. The number of methoxy groups -OCH3 is 1. The zero-order valence-corrected chi connectivity index (χ0v) is 7.69. The van der Waals surface area contributed by atoms with Crippen molar-refractivity contribution in [1.29, 1.82) is 0 Å². The van der Waals surface area contributed by atoms with Crippen molar-refractivity contribution in [3.63, 3.8) is 0 Å². The summed E-state index contributed by atoms with van der Waals surface area (Å²) in [6.45, 7) is 4.69. The van der Waals surface area contributed by atoms with Gasteiger partial charge in [-0.05, 0) is 17.4 Å². The Hall–Kier alpha value is -0.970. The summed E-state index contributed by atoms with van der Waals surface area (Å²) in [5.74, 6) is 0.902. The molecule has 0 radical (unpaired) electrons. The predicted octanol–water partition coefficient (Wildman–Crippen LogP) is 0.443. The molecule has 1 aromatic heterocycles. The Labute approximate surface area is 71.7 Å². The summed E-state index contributed by atoms with van der Waals surface area (Å²) in [6.07, 6.45) is 0.848. The molecule has 0 amide bonds. The number of hydrogen-bond donors (Lipinski definition) is 0. The van der Waals surface area contributed by atoms with E-state index in [-0.39, 0.29) is 6.04 Å². The highest BCUT2D eigenvalue weighted by Gasteiger charge is 2.10. The van der Waals surface area contributed by atoms with E-state index in [0.717, 1.165) is 12.2 Å². The molecule has 0 spiro atoms. The van der Waals surface area contributed by atoms with E-state index in [1.165, 1.54) is 0 Å². The largest absolute Gasteiger partial charge is 0.382 e. The lowest BCUT2D eigenvalue weighted by atomic mass is 10.3. The molecule has 5 nitrogen and oxygen atoms in total. The first kappa shape index (κ1) is 9.12. The molecule has 0 aromatic carbocycles. The van der Waals surface area contributed by atoms with E-state index in [9.17, 15) is 0 Å². The zero-order chi connectivity index (χ0) is 8.97. The maximum absolute atomic E-state index is 5.01. The molecule has 0 saturated carbocycles. The van der Waals surface area contributed by atoms with Gasteiger partial charge in [0.2, 0.25) is 0 Å². The van der Waals surface area contributed by atoms with Crippen LogP contribution in [0.3, 0.4) is 0 Å². The van der Waals surface area contributed by atoms with Crippen molar-refractivity contribution in [3.05, 3.63) is 5.82 Å². The van der Waals surface area contributed by atoms with Crippen LogP contribution in [-0.2, 0) is 11.2 Å². The molecule has 5 heteroatoms. The number of aromatic nitrogens is 4. The maximum Gasteiger partial charge on any atom is 0.151 e. The van der Waals surface area contributed by atoms with Crippen LogP contribution in [0.1, 0.15) is 25.7 Å². The smallest absolute Gasteiger partial charge is 0.151 e. The molecule has 0 aliphatic heterocycles. The van der Waals surface area contributed by atoms with Crippen LogP contribution >= 0.6 is 0 Å². The van der Waals surface area contributed by atoms with Crippen LogP contribution < -0.4 is 0 Å². The monoisotopic (exact) mass is 170 g/mol. The van der Waals surface area contributed by atoms with Crippen molar-refractivity contribution in [3.8, 4) is 0 Å². The van der Waals surface area contributed by atoms with E-state index in [1.807, 2.05) is 13.8 Å². The topological polar surface area (TPSA) is 52.8 Å². The lowest BCUT2D eigenvalue weighted by Crippen LogP contribution is -2.15. The molecule has 0 aliphatic carbocycles. The highest BCUT2D eigenvalue weighted by Crippen LogP contribution is 2.05. The number of aryl methyl sites for hydroxylation is 1. The minimum Gasteiger partial charge on any atom is -0.382 e. The summed E-state index contributed by atoms with van der Waals surface area (Å²) >= 11 is 0. The van der Waals surface area contributed by atoms with E-state index in [4.69, 9.17) is 4.74 Å². The fraction of sp³-hybridized carbons (Fsp3) is 0.857. The normalized spacial score (nSPS) is 13.2. The molecule has 0 saturated heterocycles. The molecular weight excluding hydrogens is 156 g/mol. The molecular formula is C7H14N4O. The highest BCUT2D eigenvalue weighted by molar-refractivity contribution is 4.81. The molecule has 1 heterocycles. The van der Waals surface area contributed by atoms with E-state index in [2.05, 4.69) is 15.5 Å². The summed E-state index contributed by atoms with van der Waals surface area (Å²) in [4.78, 5) is 0. The third kappa shape index (κ3) is 1.79. The Morgan fingerprint density at radius 2 is 2.33 bits per heavy atom. The molecule has 1 unspecified atom stereocenters. The fourth-order valence-electron chi connectivity index (χ4n) is 1.10. The van der Waals surface area contributed by atoms with Crippen molar-refractivity contribution in [2.75, 3.05) is 13.7 Å². The fourth-order valence-corrected chi connectivity index (χ4v) is 1.10. The van der Waals surface area contributed by atoms with Gasteiger partial charge in [-0.2, -0.15) is 0 Å². The third-order valence-electron chi connectivity index (χ3n) is 1.70. The second-order valence-corrected chi connectivity index (χ2v) is 2.70. The first-order valence-electron chi connectivity index (χ1n) is 4.05. The van der Waals surface area contributed by atoms with Gasteiger partial charge in [0, 0.05) is 13.5 Å². The minimum atomic E-state index is 0.208. The SMILES string of the molecule is CCc1nnnn1C(C)COC. The average Bonchev–Trinajstić information content (AvgIpc) is 2.51. The van der Waals surface area contributed by atoms with Gasteiger partial charge in [-0.1, -0.05) is 6.92 Å². The Kier molecular flexibility index (Phi) is 3.16. The van der Waals surface area contributed by atoms with E-state index in [0.29, 0.717) is 6.61 Å². The number of ether oxygens (including phenoxy) is 1. The Bertz CT molecular complexity index is 235. The Balaban J connectivity index is 2.71. The molecule has 12 heavy (non-hydrogen) atoms. The molecule has 1 atom stereocenters. The van der Waals surface area contributed by atoms with Crippen molar-refractivity contribution in [2.45, 2.75) is 26.3 Å². The van der Waals surface area contributed by atoms with Crippen molar-refractivity contribution in [1.82, 2.24) is 20.2 Å². The Morgan fingerprint density at radius 3 is 2.92 bits per heavy atom. The van der Waals surface area contributed by atoms with Crippen molar-refractivity contribution in [2.24, 2.45) is 0 Å². The molecule has 68 valence electrons. The summed E-state index contributed by atoms with van der Waals surface area (Å²) in [5.41, 5.74) is 0. The zero-order valence-electron chi connectivity index (χ0n) is 7.69. The lowest BCUT2D eigenvalue weighted by molar-refractivity contribution is 0.154. The minimum absolute atomic E-state index is 0.208. The average molecular weight is 170 g/mol. The van der Waals surface area contributed by atoms with Gasteiger partial charge in [0.15, 0.2) is 5.82 Å². The van der Waals surface area contributed by atoms with Gasteiger partial charge < -0.3 is 4.74 Å². The second-order valence-electron chi connectivity index (χ2n) is 2.70. The first-order chi connectivity index (χ1) is 5.79. The van der Waals surface area contributed by atoms with Gasteiger partial charge in [0.1, 0.15) is 0 Å². The number of tetrazole rings is 1. The summed E-state index contributed by atoms with van der Waals surface area (Å²) in [5, 5.41) is 11.4. The van der Waals surface area contributed by atoms with Crippen LogP contribution in [0.4, 0.5) is 0 Å². The van der Waals surface area contributed by atoms with Gasteiger partial charge in [-0.3, -0.25) is 0 Å². The van der Waals surface area contributed by atoms with Crippen LogP contribution in [0.5, 0.6) is 0 Å². The van der Waals surface area contributed by atoms with Crippen LogP contribution in [0, 0.1) is 0 Å². The van der Waals surface area contributed by atoms with Gasteiger partial charge in [-0.15, -0.1) is 5.10 Å². The molecule has 0 fully saturated rings. The molecule has 1 rings (SSSR count). The molecule has 0 bridgehead atoms. The summed E-state index contributed by atoms with van der Waals surface area (Å²) < 4.78 is 6.81.